The number of phosphoric ester groups is 1. The van der Waals surface area contributed by atoms with Gasteiger partial charge in [0, 0.05) is 13.2 Å². The fourth-order valence-electron chi connectivity index (χ4n) is 5.84. The Morgan fingerprint density at radius 1 is 0.413 bits per heavy atom. The summed E-state index contributed by atoms with van der Waals surface area (Å²) in [6.07, 6.45) is 38.6. The van der Waals surface area contributed by atoms with Gasteiger partial charge in [0.1, 0.15) is 6.10 Å². The molecule has 0 spiro atoms. The first-order valence-electron chi connectivity index (χ1n) is 20.4. The van der Waals surface area contributed by atoms with Gasteiger partial charge in [0.2, 0.25) is 0 Å². The number of hydrogen-bond acceptors (Lipinski definition) is 5. The van der Waals surface area contributed by atoms with Crippen molar-refractivity contribution in [1.29, 1.82) is 0 Å². The molecule has 6 nitrogen and oxygen atoms in total. The van der Waals surface area contributed by atoms with Crippen molar-refractivity contribution in [3.05, 3.63) is 0 Å². The second-order valence-electron chi connectivity index (χ2n) is 13.7. The van der Waals surface area contributed by atoms with Gasteiger partial charge in [0.25, 0.3) is 0 Å². The Kier molecular flexibility index (Phi) is 37.9. The second kappa shape index (κ2) is 37.8. The molecular weight excluding hydrogens is 595 g/mol. The summed E-state index contributed by atoms with van der Waals surface area (Å²) < 4.78 is 34.6. The van der Waals surface area contributed by atoms with Gasteiger partial charge in [-0.2, -0.15) is 0 Å². The van der Waals surface area contributed by atoms with Crippen LogP contribution in [-0.2, 0) is 23.1 Å². The monoisotopic (exact) mass is 677 g/mol. The minimum Gasteiger partial charge on any atom is -0.379 e. The van der Waals surface area contributed by atoms with Crippen LogP contribution in [0.3, 0.4) is 0 Å². The highest BCUT2D eigenvalue weighted by atomic mass is 31.2. The second-order valence-corrected chi connectivity index (χ2v) is 15.2. The molecule has 2 atom stereocenters. The molecule has 0 aliphatic rings. The minimum absolute atomic E-state index is 0.0112. The van der Waals surface area contributed by atoms with Crippen LogP contribution in [0.25, 0.3) is 0 Å². The van der Waals surface area contributed by atoms with Gasteiger partial charge in [-0.05, 0) is 19.3 Å². The van der Waals surface area contributed by atoms with Crippen LogP contribution in [0, 0.1) is 0 Å². The van der Waals surface area contributed by atoms with Crippen LogP contribution >= 0.6 is 7.82 Å². The average molecular weight is 677 g/mol. The molecule has 0 aromatic heterocycles. The summed E-state index contributed by atoms with van der Waals surface area (Å²) in [5.74, 6) is 0. The molecule has 0 radical (unpaired) electrons. The van der Waals surface area contributed by atoms with E-state index in [0.29, 0.717) is 19.8 Å². The normalized spacial score (nSPS) is 13.7. The summed E-state index contributed by atoms with van der Waals surface area (Å²) in [4.78, 5) is 10.0. The third-order valence-electron chi connectivity index (χ3n) is 8.97. The van der Waals surface area contributed by atoms with E-state index in [0.717, 1.165) is 32.1 Å². The molecule has 0 fully saturated rings. The predicted molar refractivity (Wildman–Crippen MR) is 198 cm³/mol. The zero-order valence-electron chi connectivity index (χ0n) is 31.3. The van der Waals surface area contributed by atoms with E-state index in [-0.39, 0.29) is 19.3 Å². The van der Waals surface area contributed by atoms with Crippen LogP contribution in [0.4, 0.5) is 0 Å². The topological polar surface area (TPSA) is 74.2 Å². The lowest BCUT2D eigenvalue weighted by Gasteiger charge is -2.20. The average Bonchev–Trinajstić information content (AvgIpc) is 3.04. The van der Waals surface area contributed by atoms with Gasteiger partial charge in [0.05, 0.1) is 19.8 Å². The van der Waals surface area contributed by atoms with Crippen molar-refractivity contribution in [3.63, 3.8) is 0 Å². The number of phosphoric acid groups is 1. The van der Waals surface area contributed by atoms with E-state index in [4.69, 9.17) is 18.5 Å². The van der Waals surface area contributed by atoms with Gasteiger partial charge >= 0.3 is 7.82 Å². The van der Waals surface area contributed by atoms with Gasteiger partial charge in [-0.3, -0.25) is 9.05 Å². The lowest BCUT2D eigenvalue weighted by molar-refractivity contribution is -0.0444. The van der Waals surface area contributed by atoms with E-state index in [1.807, 2.05) is 6.92 Å². The highest BCUT2D eigenvalue weighted by Crippen LogP contribution is 2.43. The molecule has 278 valence electrons. The van der Waals surface area contributed by atoms with Crippen molar-refractivity contribution in [1.82, 2.24) is 0 Å². The van der Waals surface area contributed by atoms with Crippen molar-refractivity contribution in [2.45, 2.75) is 219 Å². The van der Waals surface area contributed by atoms with Gasteiger partial charge < -0.3 is 14.4 Å². The van der Waals surface area contributed by atoms with E-state index in [1.165, 1.54) is 161 Å². The maximum Gasteiger partial charge on any atom is 0.472 e. The molecule has 0 aromatic carbocycles. The molecule has 0 heterocycles. The maximum absolute atomic E-state index is 12.2. The quantitative estimate of drug-likeness (QED) is 0.0514. The van der Waals surface area contributed by atoms with E-state index >= 15 is 0 Å². The van der Waals surface area contributed by atoms with Crippen LogP contribution in [0.1, 0.15) is 213 Å². The van der Waals surface area contributed by atoms with Gasteiger partial charge in [0.15, 0.2) is 0 Å². The first kappa shape index (κ1) is 46.0. The van der Waals surface area contributed by atoms with Crippen molar-refractivity contribution in [2.75, 3.05) is 33.0 Å². The minimum atomic E-state index is -4.06. The summed E-state index contributed by atoms with van der Waals surface area (Å²) in [5.41, 5.74) is 0. The Morgan fingerprint density at radius 3 is 1.15 bits per heavy atom. The first-order chi connectivity index (χ1) is 22.6. The standard InChI is InChI=1S/C39H81O6P/c1-4-7-10-12-14-16-18-20-22-24-26-28-30-32-34-42-37-39(38-45-46(40,41)44-36-9-6-3)43-35-33-31-29-27-25-23-21-19-17-15-13-11-8-5-2/h39H,4-38H2,1-3H3,(H,40,41). The molecule has 0 saturated heterocycles. The molecule has 7 heteroatoms. The third kappa shape index (κ3) is 36.9. The summed E-state index contributed by atoms with van der Waals surface area (Å²) in [5, 5.41) is 0. The molecule has 1 N–H and O–H groups in total. The van der Waals surface area contributed by atoms with Crippen LogP contribution < -0.4 is 0 Å². The fourth-order valence-corrected chi connectivity index (χ4v) is 6.63. The Balaban J connectivity index is 3.95. The molecule has 2 unspecified atom stereocenters. The highest BCUT2D eigenvalue weighted by molar-refractivity contribution is 7.47. The summed E-state index contributed by atoms with van der Waals surface area (Å²) in [6, 6.07) is 0. The van der Waals surface area contributed by atoms with Crippen LogP contribution in [0.2, 0.25) is 0 Å². The maximum atomic E-state index is 12.2. The molecule has 0 rings (SSSR count). The molecular formula is C39H81O6P. The predicted octanol–water partition coefficient (Wildman–Crippen LogP) is 13.3. The third-order valence-corrected chi connectivity index (χ3v) is 9.96. The van der Waals surface area contributed by atoms with E-state index < -0.39 is 7.82 Å². The lowest BCUT2D eigenvalue weighted by Crippen LogP contribution is -2.26. The summed E-state index contributed by atoms with van der Waals surface area (Å²) in [7, 11) is -4.06. The summed E-state index contributed by atoms with van der Waals surface area (Å²) >= 11 is 0. The van der Waals surface area contributed by atoms with Crippen molar-refractivity contribution < 1.29 is 28.0 Å². The van der Waals surface area contributed by atoms with Gasteiger partial charge in [-0.25, -0.2) is 4.57 Å². The van der Waals surface area contributed by atoms with Crippen molar-refractivity contribution in [2.24, 2.45) is 0 Å². The zero-order chi connectivity index (χ0) is 33.7. The first-order valence-corrected chi connectivity index (χ1v) is 21.9. The number of hydrogen-bond donors (Lipinski definition) is 1. The number of ether oxygens (including phenoxy) is 2. The Morgan fingerprint density at radius 2 is 0.761 bits per heavy atom. The Bertz CT molecular complexity index is 619. The molecule has 0 saturated carbocycles. The fraction of sp³-hybridized carbons (Fsp3) is 1.00. The molecule has 0 aliphatic heterocycles. The molecule has 0 amide bonds. The smallest absolute Gasteiger partial charge is 0.379 e. The molecule has 0 aliphatic carbocycles. The molecule has 46 heavy (non-hydrogen) atoms. The van der Waals surface area contributed by atoms with Crippen LogP contribution in [0.15, 0.2) is 0 Å². The molecule has 0 aromatic rings. The Hall–Kier alpha value is 0.0300. The Labute approximate surface area is 287 Å². The lowest BCUT2D eigenvalue weighted by atomic mass is 10.0. The highest BCUT2D eigenvalue weighted by Gasteiger charge is 2.23. The number of rotatable bonds is 40. The van der Waals surface area contributed by atoms with Gasteiger partial charge in [-0.15, -0.1) is 0 Å². The largest absolute Gasteiger partial charge is 0.472 e. The van der Waals surface area contributed by atoms with E-state index in [2.05, 4.69) is 13.8 Å². The van der Waals surface area contributed by atoms with E-state index in [9.17, 15) is 9.46 Å². The molecule has 0 bridgehead atoms. The van der Waals surface area contributed by atoms with Crippen LogP contribution in [-0.4, -0.2) is 44.0 Å². The summed E-state index contributed by atoms with van der Waals surface area (Å²) in [6.45, 7) is 8.51. The van der Waals surface area contributed by atoms with Crippen molar-refractivity contribution >= 4 is 7.82 Å². The van der Waals surface area contributed by atoms with Crippen LogP contribution in [0.5, 0.6) is 0 Å². The van der Waals surface area contributed by atoms with E-state index in [1.54, 1.807) is 0 Å². The number of unbranched alkanes of at least 4 members (excludes halogenated alkanes) is 27. The zero-order valence-corrected chi connectivity index (χ0v) is 32.2. The van der Waals surface area contributed by atoms with Gasteiger partial charge in [-0.1, -0.05) is 194 Å². The van der Waals surface area contributed by atoms with Crippen molar-refractivity contribution in [3.8, 4) is 0 Å². The SMILES string of the molecule is CCCCCCCCCCCCCCCCOCC(COP(=O)(O)OCCCC)OCCCCCCCCCCCCCCCC.